The highest BCUT2D eigenvalue weighted by Gasteiger charge is 2.46. The molecule has 3 atom stereocenters. The maximum absolute atomic E-state index is 13.9. The van der Waals surface area contributed by atoms with E-state index < -0.39 is 30.1 Å². The van der Waals surface area contributed by atoms with Gasteiger partial charge in [0.05, 0.1) is 25.7 Å². The Morgan fingerprint density at radius 2 is 1.78 bits per heavy atom. The average molecular weight is 492 g/mol. The maximum Gasteiger partial charge on any atom is 0.417 e. The molecule has 0 bridgehead atoms. The standard InChI is InChI=1S/C28H29NO7/c30-15-17-34-16-7-12-22-13-14-25(31)26(36-22)23(18-20-8-3-1-4-9-20)27(32)29-24(19-35-28(29)33)21-10-5-2-6-11-21/h1-6,8-14,23-24,26,30H,7,15-19H2/t23-,24+,26-/m1/s1. The molecule has 8 nitrogen and oxygen atoms in total. The Morgan fingerprint density at radius 3 is 2.50 bits per heavy atom. The molecule has 0 radical (unpaired) electrons. The SMILES string of the molecule is O=C1C=CC(=CCCOCCO)O[C@@H]1[C@@H](Cc1ccccc1)C(=O)N1C(=O)OC[C@H]1c1ccccc1. The van der Waals surface area contributed by atoms with Gasteiger partial charge in [0.1, 0.15) is 18.4 Å². The third-order valence-electron chi connectivity index (χ3n) is 6.07. The van der Waals surface area contributed by atoms with E-state index in [2.05, 4.69) is 0 Å². The predicted molar refractivity (Wildman–Crippen MR) is 131 cm³/mol. The Labute approximate surface area is 209 Å². The van der Waals surface area contributed by atoms with Gasteiger partial charge in [0.15, 0.2) is 11.9 Å². The number of benzene rings is 2. The maximum atomic E-state index is 13.9. The summed E-state index contributed by atoms with van der Waals surface area (Å²) in [5, 5.41) is 8.83. The van der Waals surface area contributed by atoms with Crippen LogP contribution in [0.25, 0.3) is 0 Å². The van der Waals surface area contributed by atoms with Gasteiger partial charge in [-0.05, 0) is 42.2 Å². The van der Waals surface area contributed by atoms with E-state index in [1.807, 2.05) is 60.7 Å². The highest BCUT2D eigenvalue weighted by molar-refractivity contribution is 6.02. The van der Waals surface area contributed by atoms with E-state index in [4.69, 9.17) is 19.3 Å². The molecule has 0 aliphatic carbocycles. The first-order chi connectivity index (χ1) is 17.6. The van der Waals surface area contributed by atoms with E-state index in [9.17, 15) is 14.4 Å². The highest BCUT2D eigenvalue weighted by atomic mass is 16.6. The Balaban J connectivity index is 1.60. The van der Waals surface area contributed by atoms with Crippen LogP contribution < -0.4 is 0 Å². The summed E-state index contributed by atoms with van der Waals surface area (Å²) in [6.45, 7) is 0.606. The van der Waals surface area contributed by atoms with Gasteiger partial charge in [-0.3, -0.25) is 9.59 Å². The zero-order valence-corrected chi connectivity index (χ0v) is 19.8. The van der Waals surface area contributed by atoms with E-state index in [0.717, 1.165) is 16.0 Å². The van der Waals surface area contributed by atoms with Gasteiger partial charge in [0, 0.05) is 0 Å². The van der Waals surface area contributed by atoms with Crippen LogP contribution in [0.15, 0.2) is 84.7 Å². The molecule has 8 heteroatoms. The normalized spacial score (nSPS) is 21.4. The van der Waals surface area contributed by atoms with Gasteiger partial charge in [0.25, 0.3) is 0 Å². The van der Waals surface area contributed by atoms with Crippen LogP contribution in [0, 0.1) is 5.92 Å². The molecule has 2 aromatic rings. The lowest BCUT2D eigenvalue weighted by Crippen LogP contribution is -2.47. The number of hydrogen-bond donors (Lipinski definition) is 1. The van der Waals surface area contributed by atoms with Crippen LogP contribution in [0.5, 0.6) is 0 Å². The summed E-state index contributed by atoms with van der Waals surface area (Å²) in [5.41, 5.74) is 1.61. The van der Waals surface area contributed by atoms with Gasteiger partial charge in [-0.2, -0.15) is 0 Å². The summed E-state index contributed by atoms with van der Waals surface area (Å²) < 4.78 is 16.5. The molecule has 0 aromatic heterocycles. The first-order valence-electron chi connectivity index (χ1n) is 11.9. The second-order valence-electron chi connectivity index (χ2n) is 8.51. The second kappa shape index (κ2) is 12.3. The lowest BCUT2D eigenvalue weighted by Gasteiger charge is -2.31. The van der Waals surface area contributed by atoms with Crippen LogP contribution in [0.1, 0.15) is 23.6 Å². The first kappa shape index (κ1) is 25.3. The summed E-state index contributed by atoms with van der Waals surface area (Å²) in [4.78, 5) is 40.7. The van der Waals surface area contributed by atoms with E-state index >= 15 is 0 Å². The molecule has 1 fully saturated rings. The minimum atomic E-state index is -1.10. The minimum Gasteiger partial charge on any atom is -0.482 e. The van der Waals surface area contributed by atoms with Gasteiger partial charge in [-0.1, -0.05) is 60.7 Å². The van der Waals surface area contributed by atoms with Gasteiger partial charge in [-0.25, -0.2) is 9.69 Å². The van der Waals surface area contributed by atoms with E-state index in [1.165, 1.54) is 6.08 Å². The number of aliphatic hydroxyl groups excluding tert-OH is 1. The van der Waals surface area contributed by atoms with Gasteiger partial charge < -0.3 is 19.3 Å². The fourth-order valence-electron chi connectivity index (χ4n) is 4.31. The Hall–Kier alpha value is -3.75. The monoisotopic (exact) mass is 491 g/mol. The van der Waals surface area contributed by atoms with Crippen molar-refractivity contribution in [3.05, 3.63) is 95.8 Å². The number of aliphatic hydroxyl groups is 1. The Morgan fingerprint density at radius 1 is 1.06 bits per heavy atom. The van der Waals surface area contributed by atoms with Crippen molar-refractivity contribution in [3.8, 4) is 0 Å². The van der Waals surface area contributed by atoms with Gasteiger partial charge >= 0.3 is 6.09 Å². The fourth-order valence-corrected chi connectivity index (χ4v) is 4.31. The van der Waals surface area contributed by atoms with Crippen LogP contribution in [0.2, 0.25) is 0 Å². The van der Waals surface area contributed by atoms with Crippen molar-refractivity contribution in [2.24, 2.45) is 5.92 Å². The molecule has 2 heterocycles. The fraction of sp³-hybridized carbons (Fsp3) is 0.321. The molecule has 2 amide bonds. The number of cyclic esters (lactones) is 1. The van der Waals surface area contributed by atoms with E-state index in [1.54, 1.807) is 12.2 Å². The lowest BCUT2D eigenvalue weighted by molar-refractivity contribution is -0.143. The van der Waals surface area contributed by atoms with Crippen LogP contribution in [0.4, 0.5) is 4.79 Å². The molecular formula is C28H29NO7. The van der Waals surface area contributed by atoms with Crippen molar-refractivity contribution >= 4 is 17.8 Å². The predicted octanol–water partition coefficient (Wildman–Crippen LogP) is 3.37. The number of hydrogen-bond acceptors (Lipinski definition) is 7. The summed E-state index contributed by atoms with van der Waals surface area (Å²) in [5.74, 6) is -1.37. The summed E-state index contributed by atoms with van der Waals surface area (Å²) >= 11 is 0. The zero-order chi connectivity index (χ0) is 25.3. The van der Waals surface area contributed by atoms with Crippen LogP contribution in [-0.4, -0.2) is 60.3 Å². The quantitative estimate of drug-likeness (QED) is 0.509. The average Bonchev–Trinajstić information content (AvgIpc) is 3.30. The molecule has 4 rings (SSSR count). The number of allylic oxidation sites excluding steroid dienone is 1. The smallest absolute Gasteiger partial charge is 0.417 e. The molecule has 2 aliphatic rings. The zero-order valence-electron chi connectivity index (χ0n) is 19.8. The molecule has 1 saturated heterocycles. The molecule has 0 saturated carbocycles. The highest BCUT2D eigenvalue weighted by Crippen LogP contribution is 2.32. The Bertz CT molecular complexity index is 1110. The number of carbonyl (C=O) groups is 3. The Kier molecular flexibility index (Phi) is 8.65. The minimum absolute atomic E-state index is 0.0466. The van der Waals surface area contributed by atoms with E-state index in [0.29, 0.717) is 18.8 Å². The molecule has 0 spiro atoms. The molecule has 0 unspecified atom stereocenters. The third kappa shape index (κ3) is 6.08. The second-order valence-corrected chi connectivity index (χ2v) is 8.51. The summed E-state index contributed by atoms with van der Waals surface area (Å²) in [7, 11) is 0. The van der Waals surface area contributed by atoms with E-state index in [-0.39, 0.29) is 32.0 Å². The number of carbonyl (C=O) groups excluding carboxylic acids is 3. The van der Waals surface area contributed by atoms with Gasteiger partial charge in [-0.15, -0.1) is 0 Å². The van der Waals surface area contributed by atoms with Crippen LogP contribution >= 0.6 is 0 Å². The van der Waals surface area contributed by atoms with Gasteiger partial charge in [0.2, 0.25) is 5.91 Å². The number of amides is 2. The van der Waals surface area contributed by atoms with Crippen molar-refractivity contribution in [2.45, 2.75) is 25.0 Å². The molecule has 1 N–H and O–H groups in total. The number of nitrogens with zero attached hydrogens (tertiary/aromatic N) is 1. The largest absolute Gasteiger partial charge is 0.482 e. The van der Waals surface area contributed by atoms with Crippen molar-refractivity contribution in [1.82, 2.24) is 4.90 Å². The number of rotatable bonds is 10. The first-order valence-corrected chi connectivity index (χ1v) is 11.9. The molecule has 2 aromatic carbocycles. The molecule has 188 valence electrons. The molecule has 2 aliphatic heterocycles. The third-order valence-corrected chi connectivity index (χ3v) is 6.07. The van der Waals surface area contributed by atoms with Crippen LogP contribution in [0.3, 0.4) is 0 Å². The summed E-state index contributed by atoms with van der Waals surface area (Å²) in [6, 6.07) is 17.9. The van der Waals surface area contributed by atoms with Crippen molar-refractivity contribution in [2.75, 3.05) is 26.4 Å². The topological polar surface area (TPSA) is 102 Å². The molecule has 36 heavy (non-hydrogen) atoms. The van der Waals surface area contributed by atoms with Crippen molar-refractivity contribution in [1.29, 1.82) is 0 Å². The summed E-state index contributed by atoms with van der Waals surface area (Å²) in [6.07, 6.45) is 3.62. The van der Waals surface area contributed by atoms with Crippen LogP contribution in [-0.2, 0) is 30.2 Å². The molecular weight excluding hydrogens is 462 g/mol. The number of imide groups is 1. The van der Waals surface area contributed by atoms with Crippen molar-refractivity contribution < 1.29 is 33.7 Å². The lowest BCUT2D eigenvalue weighted by atomic mass is 9.88. The number of ketones is 1. The van der Waals surface area contributed by atoms with Crippen molar-refractivity contribution in [3.63, 3.8) is 0 Å². The number of ether oxygens (including phenoxy) is 3.